The van der Waals surface area contributed by atoms with Crippen LogP contribution in [0.4, 0.5) is 14.5 Å². The number of nitrogens with zero attached hydrogens (tertiary/aromatic N) is 1. The lowest BCUT2D eigenvalue weighted by molar-refractivity contribution is -0.122. The number of anilines is 1. The molecule has 0 aromatic heterocycles. The van der Waals surface area contributed by atoms with Crippen LogP contribution in [0.2, 0.25) is 0 Å². The Balaban J connectivity index is 1.51. The standard InChI is InChI=1S/C22H25F2N3O/c23-18-7-6-17(19(24)12-18)15-27-10-3-8-22(9-11-27)13-21(28)25-14-16-4-1-2-5-20(16)26-22/h1-2,4-7,12,26H,3,8-11,13-15H2,(H,25,28)/t22-/m1/s1. The monoisotopic (exact) mass is 385 g/mol. The number of amides is 1. The van der Waals surface area contributed by atoms with Gasteiger partial charge in [-0.15, -0.1) is 0 Å². The number of rotatable bonds is 2. The molecule has 1 saturated heterocycles. The van der Waals surface area contributed by atoms with E-state index < -0.39 is 11.6 Å². The first kappa shape index (κ1) is 18.9. The van der Waals surface area contributed by atoms with Crippen LogP contribution in [0.5, 0.6) is 0 Å². The van der Waals surface area contributed by atoms with Crippen molar-refractivity contribution in [3.05, 3.63) is 65.2 Å². The maximum atomic E-state index is 14.0. The zero-order valence-corrected chi connectivity index (χ0v) is 15.8. The number of carbonyl (C=O) groups excluding carboxylic acids is 1. The molecule has 1 fully saturated rings. The highest BCUT2D eigenvalue weighted by atomic mass is 19.1. The van der Waals surface area contributed by atoms with E-state index >= 15 is 0 Å². The summed E-state index contributed by atoms with van der Waals surface area (Å²) in [6.45, 7) is 2.56. The zero-order valence-electron chi connectivity index (χ0n) is 15.8. The molecule has 2 heterocycles. The second-order valence-corrected chi connectivity index (χ2v) is 7.88. The van der Waals surface area contributed by atoms with Crippen molar-refractivity contribution >= 4 is 11.6 Å². The summed E-state index contributed by atoms with van der Waals surface area (Å²) in [7, 11) is 0. The van der Waals surface area contributed by atoms with Gasteiger partial charge in [-0.25, -0.2) is 8.78 Å². The summed E-state index contributed by atoms with van der Waals surface area (Å²) in [5.41, 5.74) is 2.35. The average Bonchev–Trinajstić information content (AvgIpc) is 2.85. The molecule has 2 aromatic rings. The van der Waals surface area contributed by atoms with Crippen molar-refractivity contribution in [2.24, 2.45) is 0 Å². The lowest BCUT2D eigenvalue weighted by Crippen LogP contribution is -2.46. The molecule has 2 aliphatic heterocycles. The van der Waals surface area contributed by atoms with Crippen LogP contribution in [0.25, 0.3) is 0 Å². The largest absolute Gasteiger partial charge is 0.379 e. The van der Waals surface area contributed by atoms with E-state index in [1.807, 2.05) is 18.2 Å². The third-order valence-corrected chi connectivity index (χ3v) is 5.84. The van der Waals surface area contributed by atoms with Crippen molar-refractivity contribution in [3.8, 4) is 0 Å². The number of carbonyl (C=O) groups is 1. The Morgan fingerprint density at radius 1 is 1.07 bits per heavy atom. The molecule has 0 bridgehead atoms. The second kappa shape index (κ2) is 7.87. The second-order valence-electron chi connectivity index (χ2n) is 7.88. The smallest absolute Gasteiger partial charge is 0.222 e. The Bertz CT molecular complexity index is 873. The minimum Gasteiger partial charge on any atom is -0.379 e. The molecule has 1 spiro atoms. The van der Waals surface area contributed by atoms with Gasteiger partial charge in [-0.1, -0.05) is 24.3 Å². The minimum absolute atomic E-state index is 0.0556. The Hall–Kier alpha value is -2.47. The lowest BCUT2D eigenvalue weighted by Gasteiger charge is -2.37. The first-order valence-electron chi connectivity index (χ1n) is 9.82. The summed E-state index contributed by atoms with van der Waals surface area (Å²) in [5.74, 6) is -1.00. The highest BCUT2D eigenvalue weighted by Gasteiger charge is 2.36. The van der Waals surface area contributed by atoms with Crippen molar-refractivity contribution in [2.45, 2.75) is 44.3 Å². The normalized spacial score (nSPS) is 23.1. The predicted molar refractivity (Wildman–Crippen MR) is 105 cm³/mol. The Morgan fingerprint density at radius 2 is 1.93 bits per heavy atom. The fourth-order valence-electron chi connectivity index (χ4n) is 4.29. The molecule has 4 nitrogen and oxygen atoms in total. The van der Waals surface area contributed by atoms with E-state index in [4.69, 9.17) is 0 Å². The molecule has 4 rings (SSSR count). The van der Waals surface area contributed by atoms with E-state index in [9.17, 15) is 13.6 Å². The summed E-state index contributed by atoms with van der Waals surface area (Å²) in [4.78, 5) is 14.6. The molecular weight excluding hydrogens is 360 g/mol. The SMILES string of the molecule is O=C1C[C@]2(CCCN(Cc3ccc(F)cc3F)CC2)Nc2ccccc2CN1. The number of likely N-dealkylation sites (tertiary alicyclic amines) is 1. The van der Waals surface area contributed by atoms with Crippen LogP contribution >= 0.6 is 0 Å². The summed E-state index contributed by atoms with van der Waals surface area (Å²) >= 11 is 0. The third-order valence-electron chi connectivity index (χ3n) is 5.84. The van der Waals surface area contributed by atoms with Crippen molar-refractivity contribution < 1.29 is 13.6 Å². The van der Waals surface area contributed by atoms with Crippen LogP contribution in [-0.2, 0) is 17.9 Å². The van der Waals surface area contributed by atoms with Crippen LogP contribution in [0, 0.1) is 11.6 Å². The number of nitrogens with one attached hydrogen (secondary N) is 2. The van der Waals surface area contributed by atoms with Gasteiger partial charge in [0.15, 0.2) is 0 Å². The minimum atomic E-state index is -0.556. The van der Waals surface area contributed by atoms with E-state index in [1.165, 1.54) is 12.1 Å². The number of fused-ring (bicyclic) bond motifs is 1. The first-order chi connectivity index (χ1) is 13.5. The van der Waals surface area contributed by atoms with E-state index in [0.29, 0.717) is 25.1 Å². The summed E-state index contributed by atoms with van der Waals surface area (Å²) in [6, 6.07) is 11.8. The van der Waals surface area contributed by atoms with Crippen molar-refractivity contribution in [1.82, 2.24) is 10.2 Å². The summed E-state index contributed by atoms with van der Waals surface area (Å²) < 4.78 is 27.2. The van der Waals surface area contributed by atoms with Gasteiger partial charge in [0.25, 0.3) is 0 Å². The van der Waals surface area contributed by atoms with Gasteiger partial charge in [0.1, 0.15) is 11.6 Å². The van der Waals surface area contributed by atoms with Crippen LogP contribution in [0.15, 0.2) is 42.5 Å². The summed E-state index contributed by atoms with van der Waals surface area (Å²) in [5, 5.41) is 6.70. The number of halogens is 2. The fraction of sp³-hybridized carbons (Fsp3) is 0.409. The molecule has 0 radical (unpaired) electrons. The molecule has 148 valence electrons. The van der Waals surface area contributed by atoms with E-state index in [-0.39, 0.29) is 11.4 Å². The number of para-hydroxylation sites is 1. The quantitative estimate of drug-likeness (QED) is 0.826. The van der Waals surface area contributed by atoms with Crippen LogP contribution in [0.3, 0.4) is 0 Å². The highest BCUT2D eigenvalue weighted by molar-refractivity contribution is 5.79. The van der Waals surface area contributed by atoms with Gasteiger partial charge in [0.05, 0.1) is 0 Å². The molecule has 2 aliphatic rings. The molecule has 1 amide bonds. The molecular formula is C22H25F2N3O. The molecule has 2 N–H and O–H groups in total. The Labute approximate surface area is 163 Å². The maximum absolute atomic E-state index is 14.0. The molecule has 2 aromatic carbocycles. The van der Waals surface area contributed by atoms with Crippen LogP contribution < -0.4 is 10.6 Å². The van der Waals surface area contributed by atoms with E-state index in [0.717, 1.165) is 49.7 Å². The van der Waals surface area contributed by atoms with Gasteiger partial charge in [0, 0.05) is 48.9 Å². The highest BCUT2D eigenvalue weighted by Crippen LogP contribution is 2.33. The molecule has 28 heavy (non-hydrogen) atoms. The van der Waals surface area contributed by atoms with Gasteiger partial charge >= 0.3 is 0 Å². The zero-order chi connectivity index (χ0) is 19.6. The van der Waals surface area contributed by atoms with Crippen molar-refractivity contribution in [2.75, 3.05) is 18.4 Å². The molecule has 0 aliphatic carbocycles. The average molecular weight is 385 g/mol. The number of benzene rings is 2. The van der Waals surface area contributed by atoms with Gasteiger partial charge in [0.2, 0.25) is 5.91 Å². The van der Waals surface area contributed by atoms with Crippen molar-refractivity contribution in [1.29, 1.82) is 0 Å². The van der Waals surface area contributed by atoms with Crippen LogP contribution in [0.1, 0.15) is 36.8 Å². The van der Waals surface area contributed by atoms with Crippen LogP contribution in [-0.4, -0.2) is 29.4 Å². The fourth-order valence-corrected chi connectivity index (χ4v) is 4.29. The van der Waals surface area contributed by atoms with Gasteiger partial charge in [-0.05, 0) is 43.5 Å². The number of hydrogen-bond donors (Lipinski definition) is 2. The predicted octanol–water partition coefficient (Wildman–Crippen LogP) is 3.82. The topological polar surface area (TPSA) is 44.4 Å². The summed E-state index contributed by atoms with van der Waals surface area (Å²) in [6.07, 6.45) is 3.00. The molecule has 1 atom stereocenters. The maximum Gasteiger partial charge on any atom is 0.222 e. The van der Waals surface area contributed by atoms with E-state index in [2.05, 4.69) is 21.6 Å². The first-order valence-corrected chi connectivity index (χ1v) is 9.82. The Kier molecular flexibility index (Phi) is 5.31. The van der Waals surface area contributed by atoms with Gasteiger partial charge < -0.3 is 10.6 Å². The Morgan fingerprint density at radius 3 is 2.79 bits per heavy atom. The van der Waals surface area contributed by atoms with Gasteiger partial charge in [-0.3, -0.25) is 9.69 Å². The third kappa shape index (κ3) is 4.17. The molecule has 0 saturated carbocycles. The van der Waals surface area contributed by atoms with Crippen molar-refractivity contribution in [3.63, 3.8) is 0 Å². The lowest BCUT2D eigenvalue weighted by atomic mass is 9.85. The van der Waals surface area contributed by atoms with E-state index in [1.54, 1.807) is 0 Å². The number of hydrogen-bond acceptors (Lipinski definition) is 3. The molecule has 0 unspecified atom stereocenters. The molecule has 6 heteroatoms. The van der Waals surface area contributed by atoms with Gasteiger partial charge in [-0.2, -0.15) is 0 Å².